The summed E-state index contributed by atoms with van der Waals surface area (Å²) in [5.41, 5.74) is 1.22. The Bertz CT molecular complexity index is 805. The van der Waals surface area contributed by atoms with Crippen LogP contribution < -0.4 is 10.6 Å². The van der Waals surface area contributed by atoms with Crippen LogP contribution in [0, 0.1) is 0 Å². The molecule has 0 saturated carbocycles. The highest BCUT2D eigenvalue weighted by Crippen LogP contribution is 2.19. The number of hydrogen-bond acceptors (Lipinski definition) is 4. The average molecular weight is 371 g/mol. The number of likely N-dealkylation sites (tertiary alicyclic amines) is 1. The molecule has 7 heteroatoms. The number of nitrogens with zero attached hydrogens (tertiary/aromatic N) is 2. The maximum Gasteiger partial charge on any atom is 0.253 e. The minimum absolute atomic E-state index is 0.0278. The fourth-order valence-corrected chi connectivity index (χ4v) is 2.92. The molecule has 26 heavy (non-hydrogen) atoms. The summed E-state index contributed by atoms with van der Waals surface area (Å²) in [5.74, 6) is 0.435. The van der Waals surface area contributed by atoms with Gasteiger partial charge in [-0.05, 0) is 48.9 Å². The largest absolute Gasteiger partial charge is 0.365 e. The third-order valence-corrected chi connectivity index (χ3v) is 4.36. The monoisotopic (exact) mass is 370 g/mol. The third-order valence-electron chi connectivity index (χ3n) is 4.14. The number of halogens is 1. The molecule has 1 atom stereocenters. The van der Waals surface area contributed by atoms with Gasteiger partial charge >= 0.3 is 0 Å². The van der Waals surface area contributed by atoms with Crippen LogP contribution >= 0.6 is 11.6 Å². The number of benzene rings is 1. The zero-order valence-electron chi connectivity index (χ0n) is 14.1. The number of carbonyl (C=O) groups is 2. The smallest absolute Gasteiger partial charge is 0.253 e. The Hall–Kier alpha value is -2.86. The number of pyridine rings is 1. The first kappa shape index (κ1) is 17.9. The minimum Gasteiger partial charge on any atom is -0.365 e. The summed E-state index contributed by atoms with van der Waals surface area (Å²) >= 11 is 5.84. The first-order chi connectivity index (χ1) is 12.5. The van der Waals surface area contributed by atoms with Gasteiger partial charge in [0.25, 0.3) is 5.91 Å². The van der Waals surface area contributed by atoms with Gasteiger partial charge in [0, 0.05) is 36.6 Å². The molecule has 2 amide bonds. The van der Waals surface area contributed by atoms with Crippen molar-refractivity contribution in [3.63, 3.8) is 0 Å². The number of carbonyl (C=O) groups excluding carboxylic acids is 2. The Balaban J connectivity index is 1.57. The molecule has 0 aliphatic carbocycles. The summed E-state index contributed by atoms with van der Waals surface area (Å²) < 4.78 is 0. The summed E-state index contributed by atoms with van der Waals surface area (Å²) in [7, 11) is 0. The molecule has 1 aliphatic rings. The molecule has 1 aliphatic heterocycles. The first-order valence-electron chi connectivity index (χ1n) is 8.26. The molecular formula is C19H19ClN4O2. The highest BCUT2D eigenvalue weighted by molar-refractivity contribution is 6.30. The summed E-state index contributed by atoms with van der Waals surface area (Å²) in [6.45, 7) is 4.70. The highest BCUT2D eigenvalue weighted by atomic mass is 35.5. The third kappa shape index (κ3) is 4.40. The highest BCUT2D eigenvalue weighted by Gasteiger charge is 2.27. The van der Waals surface area contributed by atoms with E-state index in [1.807, 2.05) is 11.0 Å². The molecule has 1 unspecified atom stereocenters. The number of nitrogens with one attached hydrogen (secondary N) is 2. The number of hydrogen-bond donors (Lipinski definition) is 2. The zero-order valence-corrected chi connectivity index (χ0v) is 14.9. The van der Waals surface area contributed by atoms with Gasteiger partial charge in [-0.3, -0.25) is 9.59 Å². The molecule has 6 nitrogen and oxygen atoms in total. The molecule has 134 valence electrons. The first-order valence-corrected chi connectivity index (χ1v) is 8.64. The van der Waals surface area contributed by atoms with Crippen LogP contribution in [-0.2, 0) is 4.79 Å². The molecule has 1 aromatic heterocycles. The summed E-state index contributed by atoms with van der Waals surface area (Å²) in [6.07, 6.45) is 3.64. The second-order valence-corrected chi connectivity index (χ2v) is 6.45. The Morgan fingerprint density at radius 3 is 2.65 bits per heavy atom. The number of rotatable bonds is 5. The Labute approximate surface area is 156 Å². The normalized spacial score (nSPS) is 16.2. The Morgan fingerprint density at radius 2 is 2.00 bits per heavy atom. The van der Waals surface area contributed by atoms with E-state index < -0.39 is 0 Å². The molecule has 1 saturated heterocycles. The van der Waals surface area contributed by atoms with E-state index in [0.717, 1.165) is 12.2 Å². The van der Waals surface area contributed by atoms with Crippen LogP contribution in [0.15, 0.2) is 55.3 Å². The Morgan fingerprint density at radius 1 is 1.23 bits per heavy atom. The number of anilines is 2. The van der Waals surface area contributed by atoms with Crippen molar-refractivity contribution in [1.82, 2.24) is 9.88 Å². The topological polar surface area (TPSA) is 74.3 Å². The fourth-order valence-electron chi connectivity index (χ4n) is 2.80. The fraction of sp³-hybridized carbons (Fsp3) is 0.211. The van der Waals surface area contributed by atoms with Crippen molar-refractivity contribution in [3.8, 4) is 0 Å². The van der Waals surface area contributed by atoms with Gasteiger partial charge < -0.3 is 15.5 Å². The molecule has 2 N–H and O–H groups in total. The van der Waals surface area contributed by atoms with Crippen molar-refractivity contribution in [2.24, 2.45) is 0 Å². The second kappa shape index (κ2) is 8.01. The van der Waals surface area contributed by atoms with Crippen LogP contribution in [0.5, 0.6) is 0 Å². The van der Waals surface area contributed by atoms with E-state index in [-0.39, 0.29) is 17.9 Å². The van der Waals surface area contributed by atoms with Gasteiger partial charge in [0.15, 0.2) is 0 Å². The number of aromatic nitrogens is 1. The van der Waals surface area contributed by atoms with E-state index in [4.69, 9.17) is 11.6 Å². The lowest BCUT2D eigenvalue weighted by Gasteiger charge is -2.17. The van der Waals surface area contributed by atoms with E-state index in [0.29, 0.717) is 29.4 Å². The quantitative estimate of drug-likeness (QED) is 0.793. The van der Waals surface area contributed by atoms with E-state index in [1.54, 1.807) is 36.5 Å². The van der Waals surface area contributed by atoms with Gasteiger partial charge in [-0.2, -0.15) is 0 Å². The SMILES string of the molecule is C=CC(=O)Nc1ccc(C(=O)N2CCC(Nc3ccc(Cl)cn3)C2)cc1. The van der Waals surface area contributed by atoms with Gasteiger partial charge in [-0.25, -0.2) is 4.98 Å². The van der Waals surface area contributed by atoms with Gasteiger partial charge in [0.2, 0.25) is 5.91 Å². The molecule has 0 bridgehead atoms. The molecule has 0 radical (unpaired) electrons. The van der Waals surface area contributed by atoms with Gasteiger partial charge in [-0.1, -0.05) is 18.2 Å². The predicted octanol–water partition coefficient (Wildman–Crippen LogP) is 3.19. The van der Waals surface area contributed by atoms with E-state index in [2.05, 4.69) is 22.2 Å². The van der Waals surface area contributed by atoms with Crippen LogP contribution in [0.1, 0.15) is 16.8 Å². The summed E-state index contributed by atoms with van der Waals surface area (Å²) in [6, 6.07) is 10.6. The van der Waals surface area contributed by atoms with Crippen molar-refractivity contribution >= 4 is 34.9 Å². The zero-order chi connectivity index (χ0) is 18.5. The lowest BCUT2D eigenvalue weighted by molar-refractivity contribution is -0.111. The standard InChI is InChI=1S/C19H19ClN4O2/c1-2-18(25)23-15-6-3-13(4-7-15)19(26)24-10-9-16(12-24)22-17-8-5-14(20)11-21-17/h2-8,11,16H,1,9-10,12H2,(H,21,22)(H,23,25). The van der Waals surface area contributed by atoms with E-state index in [9.17, 15) is 9.59 Å². The van der Waals surface area contributed by atoms with Crippen LogP contribution in [0.2, 0.25) is 5.02 Å². The van der Waals surface area contributed by atoms with Gasteiger partial charge in [0.05, 0.1) is 5.02 Å². The molecule has 0 spiro atoms. The van der Waals surface area contributed by atoms with Gasteiger partial charge in [-0.15, -0.1) is 0 Å². The van der Waals surface area contributed by atoms with E-state index >= 15 is 0 Å². The summed E-state index contributed by atoms with van der Waals surface area (Å²) in [5, 5.41) is 6.57. The summed E-state index contributed by atoms with van der Waals surface area (Å²) in [4.78, 5) is 30.0. The maximum atomic E-state index is 12.6. The van der Waals surface area contributed by atoms with Crippen LogP contribution in [0.4, 0.5) is 11.5 Å². The van der Waals surface area contributed by atoms with Crippen LogP contribution in [0.3, 0.4) is 0 Å². The van der Waals surface area contributed by atoms with Crippen molar-refractivity contribution in [3.05, 3.63) is 65.8 Å². The van der Waals surface area contributed by atoms with Crippen molar-refractivity contribution in [2.45, 2.75) is 12.5 Å². The molecule has 2 heterocycles. The van der Waals surface area contributed by atoms with Crippen molar-refractivity contribution in [2.75, 3.05) is 23.7 Å². The molecule has 2 aromatic rings. The van der Waals surface area contributed by atoms with Gasteiger partial charge in [0.1, 0.15) is 5.82 Å². The van der Waals surface area contributed by atoms with E-state index in [1.165, 1.54) is 6.08 Å². The lowest BCUT2D eigenvalue weighted by atomic mass is 10.2. The molecule has 1 aromatic carbocycles. The van der Waals surface area contributed by atoms with Crippen molar-refractivity contribution < 1.29 is 9.59 Å². The second-order valence-electron chi connectivity index (χ2n) is 6.01. The number of amides is 2. The molecule has 1 fully saturated rings. The molecule has 3 rings (SSSR count). The van der Waals surface area contributed by atoms with Crippen LogP contribution in [0.25, 0.3) is 0 Å². The average Bonchev–Trinajstić information content (AvgIpc) is 3.12. The minimum atomic E-state index is -0.284. The maximum absolute atomic E-state index is 12.6. The molecular weight excluding hydrogens is 352 g/mol. The lowest BCUT2D eigenvalue weighted by Crippen LogP contribution is -2.31. The van der Waals surface area contributed by atoms with Crippen molar-refractivity contribution in [1.29, 1.82) is 0 Å². The predicted molar refractivity (Wildman–Crippen MR) is 102 cm³/mol. The Kier molecular flexibility index (Phi) is 5.53. The van der Waals surface area contributed by atoms with Crippen LogP contribution in [-0.4, -0.2) is 40.8 Å².